The quantitative estimate of drug-likeness (QED) is 0.782. The average molecular weight is 216 g/mol. The summed E-state index contributed by atoms with van der Waals surface area (Å²) in [5, 5.41) is 9.99. The molecule has 0 amide bonds. The zero-order valence-corrected chi connectivity index (χ0v) is 9.87. The Labute approximate surface area is 95.6 Å². The van der Waals surface area contributed by atoms with Gasteiger partial charge in [0.15, 0.2) is 5.78 Å². The van der Waals surface area contributed by atoms with Crippen LogP contribution in [0.15, 0.2) is 24.0 Å². The van der Waals surface area contributed by atoms with Crippen LogP contribution in [-0.4, -0.2) is 10.9 Å². The number of hydrogen-bond acceptors (Lipinski definition) is 2. The highest BCUT2D eigenvalue weighted by Gasteiger charge is 2.31. The Morgan fingerprint density at radius 3 is 2.25 bits per heavy atom. The van der Waals surface area contributed by atoms with E-state index in [0.717, 1.165) is 16.7 Å². The van der Waals surface area contributed by atoms with Crippen molar-refractivity contribution in [1.29, 1.82) is 0 Å². The molecule has 2 rings (SSSR count). The number of hydrogen-bond donors (Lipinski definition) is 1. The first-order valence-electron chi connectivity index (χ1n) is 5.55. The molecule has 0 radical (unpaired) electrons. The van der Waals surface area contributed by atoms with Crippen LogP contribution in [0.4, 0.5) is 0 Å². The van der Waals surface area contributed by atoms with E-state index in [1.807, 2.05) is 39.0 Å². The van der Waals surface area contributed by atoms with Gasteiger partial charge in [-0.05, 0) is 30.5 Å². The van der Waals surface area contributed by atoms with E-state index in [4.69, 9.17) is 0 Å². The maximum atomic E-state index is 11.9. The number of Topliss-reactive ketones (excluding diaryl/α,β-unsaturated/α-hetero) is 1. The molecular weight excluding hydrogens is 200 g/mol. The van der Waals surface area contributed by atoms with Crippen molar-refractivity contribution in [3.05, 3.63) is 40.6 Å². The monoisotopic (exact) mass is 216 g/mol. The number of aliphatic hydroxyl groups is 1. The number of ketones is 1. The van der Waals surface area contributed by atoms with Gasteiger partial charge < -0.3 is 5.11 Å². The standard InChI is InChI=1S/C14H16O2/c1-8-5-4-6-9(2)12(8)13-11(15)7-10(3)14(13)16/h4-6,10,16H,7H2,1-3H3. The van der Waals surface area contributed by atoms with E-state index in [-0.39, 0.29) is 17.5 Å². The van der Waals surface area contributed by atoms with Crippen LogP contribution in [0.3, 0.4) is 0 Å². The molecule has 1 aromatic carbocycles. The largest absolute Gasteiger partial charge is 0.511 e. The lowest BCUT2D eigenvalue weighted by atomic mass is 9.94. The van der Waals surface area contributed by atoms with Gasteiger partial charge in [0.2, 0.25) is 0 Å². The van der Waals surface area contributed by atoms with Crippen molar-refractivity contribution >= 4 is 11.4 Å². The van der Waals surface area contributed by atoms with E-state index < -0.39 is 0 Å². The fourth-order valence-electron chi connectivity index (χ4n) is 2.34. The van der Waals surface area contributed by atoms with E-state index in [0.29, 0.717) is 12.0 Å². The van der Waals surface area contributed by atoms with E-state index in [2.05, 4.69) is 0 Å². The Bertz CT molecular complexity index is 463. The summed E-state index contributed by atoms with van der Waals surface area (Å²) in [6, 6.07) is 5.91. The van der Waals surface area contributed by atoms with Gasteiger partial charge in [-0.2, -0.15) is 0 Å². The van der Waals surface area contributed by atoms with Crippen molar-refractivity contribution in [3.63, 3.8) is 0 Å². The molecular formula is C14H16O2. The number of rotatable bonds is 1. The zero-order chi connectivity index (χ0) is 11.9. The molecule has 0 fully saturated rings. The Kier molecular flexibility index (Phi) is 2.58. The molecule has 1 atom stereocenters. The van der Waals surface area contributed by atoms with Crippen molar-refractivity contribution in [3.8, 4) is 0 Å². The highest BCUT2D eigenvalue weighted by Crippen LogP contribution is 2.36. The van der Waals surface area contributed by atoms with Crippen LogP contribution in [0.5, 0.6) is 0 Å². The van der Waals surface area contributed by atoms with Crippen LogP contribution in [0.25, 0.3) is 5.57 Å². The van der Waals surface area contributed by atoms with Gasteiger partial charge in [0, 0.05) is 12.3 Å². The summed E-state index contributed by atoms with van der Waals surface area (Å²) in [5.74, 6) is 0.270. The molecule has 1 aromatic rings. The molecule has 2 heteroatoms. The molecule has 0 saturated carbocycles. The maximum absolute atomic E-state index is 11.9. The number of carbonyl (C=O) groups excluding carboxylic acids is 1. The Morgan fingerprint density at radius 2 is 1.81 bits per heavy atom. The van der Waals surface area contributed by atoms with E-state index in [1.54, 1.807) is 0 Å². The van der Waals surface area contributed by atoms with Gasteiger partial charge in [-0.25, -0.2) is 0 Å². The fourth-order valence-corrected chi connectivity index (χ4v) is 2.34. The molecule has 84 valence electrons. The summed E-state index contributed by atoms with van der Waals surface area (Å²) in [5.41, 5.74) is 3.53. The maximum Gasteiger partial charge on any atom is 0.167 e. The van der Waals surface area contributed by atoms with Crippen LogP contribution in [0, 0.1) is 19.8 Å². The van der Waals surface area contributed by atoms with Crippen LogP contribution in [0.1, 0.15) is 30.0 Å². The second-order valence-electron chi connectivity index (χ2n) is 4.56. The third kappa shape index (κ3) is 1.54. The summed E-state index contributed by atoms with van der Waals surface area (Å²) in [7, 11) is 0. The van der Waals surface area contributed by atoms with Crippen molar-refractivity contribution in [2.45, 2.75) is 27.2 Å². The summed E-state index contributed by atoms with van der Waals surface area (Å²) in [6.45, 7) is 5.82. The minimum Gasteiger partial charge on any atom is -0.511 e. The molecule has 0 bridgehead atoms. The van der Waals surface area contributed by atoms with Gasteiger partial charge in [0.05, 0.1) is 5.57 Å². The van der Waals surface area contributed by atoms with E-state index in [1.165, 1.54) is 0 Å². The second kappa shape index (κ2) is 3.78. The summed E-state index contributed by atoms with van der Waals surface area (Å²) in [4.78, 5) is 11.9. The first-order chi connectivity index (χ1) is 7.52. The molecule has 0 saturated heterocycles. The van der Waals surface area contributed by atoms with E-state index >= 15 is 0 Å². The summed E-state index contributed by atoms with van der Waals surface area (Å²) >= 11 is 0. The van der Waals surface area contributed by atoms with E-state index in [9.17, 15) is 9.90 Å². The minimum atomic E-state index is -0.0403. The highest BCUT2D eigenvalue weighted by molar-refractivity contribution is 6.24. The molecule has 1 N–H and O–H groups in total. The average Bonchev–Trinajstić information content (AvgIpc) is 2.44. The smallest absolute Gasteiger partial charge is 0.167 e. The van der Waals surface area contributed by atoms with Gasteiger partial charge in [-0.1, -0.05) is 25.1 Å². The topological polar surface area (TPSA) is 37.3 Å². The van der Waals surface area contributed by atoms with Crippen LogP contribution < -0.4 is 0 Å². The summed E-state index contributed by atoms with van der Waals surface area (Å²) in [6.07, 6.45) is 0.426. The predicted octanol–water partition coefficient (Wildman–Crippen LogP) is 3.18. The molecule has 0 aliphatic heterocycles. The van der Waals surface area contributed by atoms with Crippen molar-refractivity contribution in [1.82, 2.24) is 0 Å². The molecule has 16 heavy (non-hydrogen) atoms. The Hall–Kier alpha value is -1.57. The fraction of sp³-hybridized carbons (Fsp3) is 0.357. The van der Waals surface area contributed by atoms with Crippen LogP contribution in [0.2, 0.25) is 0 Å². The number of aryl methyl sites for hydroxylation is 2. The molecule has 0 spiro atoms. The van der Waals surface area contributed by atoms with Gasteiger partial charge in [0.1, 0.15) is 5.76 Å². The lowest BCUT2D eigenvalue weighted by Crippen LogP contribution is -2.00. The number of benzene rings is 1. The molecule has 1 aliphatic rings. The SMILES string of the molecule is Cc1cccc(C)c1C1=C(O)C(C)CC1=O. The molecule has 0 heterocycles. The first-order valence-corrected chi connectivity index (χ1v) is 5.55. The molecule has 0 aromatic heterocycles. The van der Waals surface area contributed by atoms with Crippen molar-refractivity contribution in [2.75, 3.05) is 0 Å². The third-order valence-electron chi connectivity index (χ3n) is 3.22. The van der Waals surface area contributed by atoms with Gasteiger partial charge in [-0.3, -0.25) is 4.79 Å². The van der Waals surface area contributed by atoms with Crippen molar-refractivity contribution < 1.29 is 9.90 Å². The number of allylic oxidation sites excluding steroid dienone is 2. The number of aliphatic hydroxyl groups excluding tert-OH is 1. The second-order valence-corrected chi connectivity index (χ2v) is 4.56. The Morgan fingerprint density at radius 1 is 1.25 bits per heavy atom. The molecule has 1 unspecified atom stereocenters. The highest BCUT2D eigenvalue weighted by atomic mass is 16.3. The van der Waals surface area contributed by atoms with Gasteiger partial charge in [-0.15, -0.1) is 0 Å². The predicted molar refractivity (Wildman–Crippen MR) is 64.3 cm³/mol. The zero-order valence-electron chi connectivity index (χ0n) is 9.87. The number of carbonyl (C=O) groups is 1. The van der Waals surface area contributed by atoms with Gasteiger partial charge >= 0.3 is 0 Å². The van der Waals surface area contributed by atoms with Crippen LogP contribution >= 0.6 is 0 Å². The van der Waals surface area contributed by atoms with Crippen molar-refractivity contribution in [2.24, 2.45) is 5.92 Å². The third-order valence-corrected chi connectivity index (χ3v) is 3.22. The minimum absolute atomic E-state index is 0.0403. The lowest BCUT2D eigenvalue weighted by molar-refractivity contribution is -0.113. The lowest BCUT2D eigenvalue weighted by Gasteiger charge is -2.10. The van der Waals surface area contributed by atoms with Gasteiger partial charge in [0.25, 0.3) is 0 Å². The summed E-state index contributed by atoms with van der Waals surface area (Å²) < 4.78 is 0. The molecule has 2 nitrogen and oxygen atoms in total. The van der Waals surface area contributed by atoms with Crippen LogP contribution in [-0.2, 0) is 4.79 Å². The normalized spacial score (nSPS) is 20.7. The molecule has 1 aliphatic carbocycles. The first kappa shape index (κ1) is 10.9. The Balaban J connectivity index is 2.65.